The molecule has 4 nitrogen and oxygen atoms in total. The first-order chi connectivity index (χ1) is 28.7. The molecule has 0 spiro atoms. The van der Waals surface area contributed by atoms with Crippen molar-refractivity contribution in [2.45, 2.75) is 0 Å². The maximum Gasteiger partial charge on any atom is 0.165 e. The molecular weight excluding hydrogens is 705 g/mol. The van der Waals surface area contributed by atoms with Gasteiger partial charge in [-0.25, -0.2) is 9.97 Å². The van der Waals surface area contributed by atoms with Crippen LogP contribution in [0.4, 0.5) is 0 Å². The Balaban J connectivity index is 1.15. The van der Waals surface area contributed by atoms with E-state index in [0.29, 0.717) is 0 Å². The van der Waals surface area contributed by atoms with Gasteiger partial charge < -0.3 is 4.57 Å². The van der Waals surface area contributed by atoms with E-state index in [0.717, 1.165) is 44.8 Å². The summed E-state index contributed by atoms with van der Waals surface area (Å²) in [5.41, 5.74) is 9.21. The maximum atomic E-state index is 5.52. The summed E-state index contributed by atoms with van der Waals surface area (Å²) in [7, 11) is 0. The molecule has 4 heteroatoms. The maximum absolute atomic E-state index is 5.52. The standard InChI is InChI=1S/C54H32N4/c1-2-14-36-31-50-45(30-35(36)13-1)43-27-25-39(57-48-20-10-7-17-44(48)52-42-16-6-4-12-34(42)24-28-49(52)57)32-51(43)58(50)54-53(55-46-18-8-9-19-47(46)56-54)38-23-26-41-37(29-38)22-21-33-11-3-5-15-40(33)41/h1-32H. The molecule has 268 valence electrons. The van der Waals surface area contributed by atoms with E-state index in [4.69, 9.17) is 9.97 Å². The summed E-state index contributed by atoms with van der Waals surface area (Å²) in [6, 6.07) is 70.3. The second kappa shape index (κ2) is 11.8. The number of hydrogen-bond donors (Lipinski definition) is 0. The van der Waals surface area contributed by atoms with Gasteiger partial charge in [-0.3, -0.25) is 4.57 Å². The van der Waals surface area contributed by atoms with Gasteiger partial charge in [-0.15, -0.1) is 0 Å². The van der Waals surface area contributed by atoms with Crippen LogP contribution in [0, 0.1) is 0 Å². The Kier molecular flexibility index (Phi) is 6.41. The van der Waals surface area contributed by atoms with Gasteiger partial charge in [0.05, 0.1) is 33.1 Å². The van der Waals surface area contributed by atoms with Crippen LogP contribution in [-0.4, -0.2) is 19.1 Å². The SMILES string of the molecule is c1ccc2cc3c(cc2c1)c1ccc(-n2c4ccccc4c4c5ccccc5ccc42)cc1n3-c1nc2ccccc2nc1-c1ccc2c(ccc3ccccc32)c1. The average Bonchev–Trinajstić information content (AvgIpc) is 3.79. The Bertz CT molecular complexity index is 3870. The number of fused-ring (bicyclic) bond motifs is 13. The summed E-state index contributed by atoms with van der Waals surface area (Å²) in [5.74, 6) is 0.805. The van der Waals surface area contributed by atoms with E-state index >= 15 is 0 Å². The van der Waals surface area contributed by atoms with Gasteiger partial charge in [-0.1, -0.05) is 140 Å². The molecule has 0 atom stereocenters. The smallest absolute Gasteiger partial charge is 0.165 e. The first kappa shape index (κ1) is 31.4. The number of rotatable bonds is 3. The van der Waals surface area contributed by atoms with Gasteiger partial charge in [-0.2, -0.15) is 0 Å². The fourth-order valence-corrected chi connectivity index (χ4v) is 9.58. The van der Waals surface area contributed by atoms with E-state index in [1.54, 1.807) is 0 Å². The Morgan fingerprint density at radius 1 is 0.310 bits per heavy atom. The van der Waals surface area contributed by atoms with Gasteiger partial charge >= 0.3 is 0 Å². The fourth-order valence-electron chi connectivity index (χ4n) is 9.58. The molecule has 0 radical (unpaired) electrons. The Morgan fingerprint density at radius 3 is 1.76 bits per heavy atom. The zero-order valence-corrected chi connectivity index (χ0v) is 31.3. The largest absolute Gasteiger partial charge is 0.309 e. The summed E-state index contributed by atoms with van der Waals surface area (Å²) in [6.45, 7) is 0. The lowest BCUT2D eigenvalue weighted by Gasteiger charge is -2.15. The quantitative estimate of drug-likeness (QED) is 0.169. The third-order valence-electron chi connectivity index (χ3n) is 12.2. The molecule has 58 heavy (non-hydrogen) atoms. The third kappa shape index (κ3) is 4.45. The first-order valence-electron chi connectivity index (χ1n) is 19.8. The third-order valence-corrected chi connectivity index (χ3v) is 12.2. The molecule has 0 amide bonds. The number of para-hydroxylation sites is 3. The fraction of sp³-hybridized carbons (Fsp3) is 0. The van der Waals surface area contributed by atoms with Crippen LogP contribution >= 0.6 is 0 Å². The molecule has 0 fully saturated rings. The van der Waals surface area contributed by atoms with Crippen LogP contribution in [0.1, 0.15) is 0 Å². The van der Waals surface area contributed by atoms with Crippen molar-refractivity contribution in [3.05, 3.63) is 194 Å². The molecule has 0 aliphatic carbocycles. The molecule has 3 aromatic heterocycles. The van der Waals surface area contributed by atoms with Crippen molar-refractivity contribution in [3.8, 4) is 22.8 Å². The summed E-state index contributed by atoms with van der Waals surface area (Å²) in [6.07, 6.45) is 0. The normalized spacial score (nSPS) is 12.1. The summed E-state index contributed by atoms with van der Waals surface area (Å²) < 4.78 is 4.79. The number of nitrogens with zero attached hydrogens (tertiary/aromatic N) is 4. The Morgan fingerprint density at radius 2 is 0.914 bits per heavy atom. The van der Waals surface area contributed by atoms with E-state index in [1.807, 2.05) is 12.1 Å². The molecular formula is C54H32N4. The van der Waals surface area contributed by atoms with Crippen LogP contribution in [0.2, 0.25) is 0 Å². The van der Waals surface area contributed by atoms with Crippen molar-refractivity contribution in [1.82, 2.24) is 19.1 Å². The van der Waals surface area contributed by atoms with E-state index in [9.17, 15) is 0 Å². The van der Waals surface area contributed by atoms with Gasteiger partial charge in [0.25, 0.3) is 0 Å². The minimum atomic E-state index is 0.805. The highest BCUT2D eigenvalue weighted by molar-refractivity contribution is 6.22. The van der Waals surface area contributed by atoms with E-state index in [-0.39, 0.29) is 0 Å². The minimum absolute atomic E-state index is 0.805. The zero-order chi connectivity index (χ0) is 37.9. The van der Waals surface area contributed by atoms with E-state index < -0.39 is 0 Å². The highest BCUT2D eigenvalue weighted by Gasteiger charge is 2.22. The lowest BCUT2D eigenvalue weighted by molar-refractivity contribution is 1.08. The topological polar surface area (TPSA) is 35.6 Å². The van der Waals surface area contributed by atoms with Crippen molar-refractivity contribution < 1.29 is 0 Å². The van der Waals surface area contributed by atoms with Crippen molar-refractivity contribution in [3.63, 3.8) is 0 Å². The summed E-state index contributed by atoms with van der Waals surface area (Å²) in [4.78, 5) is 11.0. The van der Waals surface area contributed by atoms with Crippen LogP contribution in [0.25, 0.3) is 120 Å². The van der Waals surface area contributed by atoms with Gasteiger partial charge in [0, 0.05) is 32.8 Å². The second-order valence-corrected chi connectivity index (χ2v) is 15.4. The Labute approximate surface area is 332 Å². The number of aromatic nitrogens is 4. The minimum Gasteiger partial charge on any atom is -0.309 e. The summed E-state index contributed by atoms with van der Waals surface area (Å²) in [5, 5.41) is 14.6. The molecule has 0 aliphatic rings. The lowest BCUT2D eigenvalue weighted by Crippen LogP contribution is -2.04. The predicted octanol–water partition coefficient (Wildman–Crippen LogP) is 14.1. The van der Waals surface area contributed by atoms with Gasteiger partial charge in [-0.05, 0) is 97.7 Å². The van der Waals surface area contributed by atoms with E-state index in [2.05, 4.69) is 191 Å². The Hall–Kier alpha value is -7.82. The molecule has 3 heterocycles. The van der Waals surface area contributed by atoms with Crippen molar-refractivity contribution in [2.75, 3.05) is 0 Å². The van der Waals surface area contributed by atoms with Gasteiger partial charge in [0.1, 0.15) is 5.69 Å². The molecule has 0 saturated carbocycles. The molecule has 0 saturated heterocycles. The zero-order valence-electron chi connectivity index (χ0n) is 31.3. The van der Waals surface area contributed by atoms with E-state index in [1.165, 1.54) is 75.7 Å². The molecule has 0 N–H and O–H groups in total. The second-order valence-electron chi connectivity index (χ2n) is 15.4. The van der Waals surface area contributed by atoms with Crippen LogP contribution in [0.3, 0.4) is 0 Å². The van der Waals surface area contributed by atoms with Crippen molar-refractivity contribution >= 4 is 97.7 Å². The number of hydrogen-bond acceptors (Lipinski definition) is 2. The van der Waals surface area contributed by atoms with Gasteiger partial charge in [0.15, 0.2) is 5.82 Å². The van der Waals surface area contributed by atoms with Crippen LogP contribution < -0.4 is 0 Å². The van der Waals surface area contributed by atoms with Crippen molar-refractivity contribution in [2.24, 2.45) is 0 Å². The number of benzene rings is 10. The molecule has 10 aromatic carbocycles. The average molecular weight is 737 g/mol. The van der Waals surface area contributed by atoms with Crippen LogP contribution in [0.5, 0.6) is 0 Å². The predicted molar refractivity (Wildman–Crippen MR) is 244 cm³/mol. The molecule has 0 aliphatic heterocycles. The van der Waals surface area contributed by atoms with Gasteiger partial charge in [0.2, 0.25) is 0 Å². The first-order valence-corrected chi connectivity index (χ1v) is 19.8. The summed E-state index contributed by atoms with van der Waals surface area (Å²) >= 11 is 0. The highest BCUT2D eigenvalue weighted by atomic mass is 15.1. The lowest BCUT2D eigenvalue weighted by atomic mass is 9.99. The molecule has 13 aromatic rings. The van der Waals surface area contributed by atoms with Crippen LogP contribution in [-0.2, 0) is 0 Å². The monoisotopic (exact) mass is 736 g/mol. The molecule has 0 bridgehead atoms. The van der Waals surface area contributed by atoms with Crippen molar-refractivity contribution in [1.29, 1.82) is 0 Å². The highest BCUT2D eigenvalue weighted by Crippen LogP contribution is 2.42. The van der Waals surface area contributed by atoms with Crippen LogP contribution in [0.15, 0.2) is 194 Å². The molecule has 13 rings (SSSR count). The molecule has 0 unspecified atom stereocenters.